The molecule has 2 saturated carbocycles. The standard InChI is InChI=1S/C35H39Cl2F2N3O8S.H2O/c36-28-18-40-19-29(37)26(28)17-32(24-5-8-31(50-35(38)39)33(15-24)48-20-22-1-2-22)49-34(44)27-16-25(6-7-30(27)43)42(51(45,46)21-23-3-4-23)10-9-41-11-13-47-14-12-41;/h5-8,15-16,18-19,22-23,32,35,43H,1-4,9-14,17,20-21H2;1H2/t32-;/m0./s1. The number of carbonyl (C=O) groups excluding carboxylic acids is 1. The van der Waals surface area contributed by atoms with Crippen LogP contribution in [0.3, 0.4) is 0 Å². The third kappa shape index (κ3) is 10.6. The molecule has 284 valence electrons. The van der Waals surface area contributed by atoms with E-state index in [1.54, 1.807) is 0 Å². The summed E-state index contributed by atoms with van der Waals surface area (Å²) in [5.41, 5.74) is 0.725. The largest absolute Gasteiger partial charge is 0.870 e. The maximum absolute atomic E-state index is 13.9. The van der Waals surface area contributed by atoms with E-state index in [1.807, 2.05) is 0 Å². The lowest BCUT2D eigenvalue weighted by molar-refractivity contribution is -0.377. The number of halogens is 4. The van der Waals surface area contributed by atoms with Crippen molar-refractivity contribution in [1.29, 1.82) is 0 Å². The molecule has 0 bridgehead atoms. The number of benzene rings is 2. The number of hydrogen-bond acceptors (Lipinski definition) is 10. The number of nitrogens with zero attached hydrogens (tertiary/aromatic N) is 2. The highest BCUT2D eigenvalue weighted by Gasteiger charge is 2.34. The molecule has 3 N–H and O–H groups in total. The van der Waals surface area contributed by atoms with Gasteiger partial charge in [0.2, 0.25) is 10.0 Å². The van der Waals surface area contributed by atoms with E-state index in [1.165, 1.54) is 53.1 Å². The fraction of sp³-hybridized carbons (Fsp3) is 0.486. The average Bonchev–Trinajstić information content (AvgIpc) is 4.04. The Bertz CT molecular complexity index is 1790. The van der Waals surface area contributed by atoms with E-state index in [9.17, 15) is 27.1 Å². The normalized spacial score (nSPS) is 16.9. The molecule has 1 saturated heterocycles. The van der Waals surface area contributed by atoms with E-state index in [2.05, 4.69) is 9.88 Å². The van der Waals surface area contributed by atoms with Gasteiger partial charge in [0.05, 0.1) is 31.3 Å². The van der Waals surface area contributed by atoms with E-state index in [4.69, 9.17) is 42.1 Å². The van der Waals surface area contributed by atoms with Crippen molar-refractivity contribution in [2.45, 2.75) is 44.8 Å². The van der Waals surface area contributed by atoms with Crippen LogP contribution in [0.15, 0.2) is 48.8 Å². The van der Waals surface area contributed by atoms with Crippen molar-refractivity contribution >= 4 is 44.9 Å². The summed E-state index contributed by atoms with van der Waals surface area (Å²) in [5.74, 6) is -1.17. The predicted molar refractivity (Wildman–Crippen MR) is 187 cm³/mol. The molecule has 0 radical (unpaired) electrons. The van der Waals surface area contributed by atoms with E-state index in [0.717, 1.165) is 25.7 Å². The number of esters is 1. The molecule has 1 aliphatic heterocycles. The van der Waals surface area contributed by atoms with Crippen molar-refractivity contribution in [3.63, 3.8) is 0 Å². The highest BCUT2D eigenvalue weighted by molar-refractivity contribution is 7.92. The van der Waals surface area contributed by atoms with Crippen LogP contribution in [-0.4, -0.2) is 88.2 Å². The molecule has 12 nitrogen and oxygen atoms in total. The van der Waals surface area contributed by atoms with Gasteiger partial charge in [-0.3, -0.25) is 9.21 Å². The number of alkyl halides is 2. The fourth-order valence-corrected chi connectivity index (χ4v) is 8.24. The van der Waals surface area contributed by atoms with Gasteiger partial charge in [-0.2, -0.15) is 8.78 Å². The van der Waals surface area contributed by atoms with Crippen LogP contribution in [0.5, 0.6) is 17.2 Å². The van der Waals surface area contributed by atoms with Crippen molar-refractivity contribution < 1.29 is 56.5 Å². The SMILES string of the molecule is O=C(O[C@@H](Cc1c(Cl)c[nH+]cc1Cl)c1ccc(OC(F)F)c(OCC2CC2)c1)c1cc(N(CCN2CCOCC2)S(=O)(=O)CC2CC2)ccc1O.[OH-]. The van der Waals surface area contributed by atoms with Crippen LogP contribution in [0, 0.1) is 11.8 Å². The number of sulfonamides is 1. The summed E-state index contributed by atoms with van der Waals surface area (Å²) >= 11 is 12.9. The first-order valence-electron chi connectivity index (χ1n) is 16.9. The second-order valence-electron chi connectivity index (χ2n) is 13.0. The van der Waals surface area contributed by atoms with Crippen molar-refractivity contribution in [3.8, 4) is 17.2 Å². The Morgan fingerprint density at radius 3 is 2.37 bits per heavy atom. The summed E-state index contributed by atoms with van der Waals surface area (Å²) in [5, 5.41) is 11.4. The Hall–Kier alpha value is -3.47. The number of anilines is 1. The fourth-order valence-electron chi connectivity index (χ4n) is 5.80. The van der Waals surface area contributed by atoms with Gasteiger partial charge in [-0.25, -0.2) is 18.2 Å². The number of rotatable bonds is 17. The first kappa shape index (κ1) is 39.7. The second-order valence-corrected chi connectivity index (χ2v) is 15.8. The van der Waals surface area contributed by atoms with E-state index in [-0.39, 0.29) is 62.9 Å². The molecule has 0 unspecified atom stereocenters. The third-order valence-corrected chi connectivity index (χ3v) is 11.7. The minimum absolute atomic E-state index is 0. The lowest BCUT2D eigenvalue weighted by atomic mass is 10.0. The number of carbonyl (C=O) groups is 1. The Balaban J connectivity index is 0.00000523. The van der Waals surface area contributed by atoms with Crippen LogP contribution >= 0.6 is 23.2 Å². The number of aromatic amines is 1. The molecule has 6 rings (SSSR count). The average molecular weight is 789 g/mol. The van der Waals surface area contributed by atoms with E-state index >= 15 is 0 Å². The summed E-state index contributed by atoms with van der Waals surface area (Å²) in [6.45, 7) is 0.229. The topological polar surface area (TPSA) is 159 Å². The molecule has 3 fully saturated rings. The van der Waals surface area contributed by atoms with Gasteiger partial charge >= 0.3 is 12.6 Å². The molecule has 3 aliphatic rings. The van der Waals surface area contributed by atoms with Crippen molar-refractivity contribution in [3.05, 3.63) is 75.5 Å². The van der Waals surface area contributed by atoms with Crippen LogP contribution in [0.2, 0.25) is 10.0 Å². The highest BCUT2D eigenvalue weighted by Crippen LogP contribution is 2.39. The predicted octanol–water partition coefficient (Wildman–Crippen LogP) is 5.75. The summed E-state index contributed by atoms with van der Waals surface area (Å²) in [6.07, 6.45) is 5.45. The van der Waals surface area contributed by atoms with Gasteiger partial charge in [0.15, 0.2) is 23.9 Å². The van der Waals surface area contributed by atoms with Gasteiger partial charge in [-0.15, -0.1) is 0 Å². The first-order chi connectivity index (χ1) is 24.5. The van der Waals surface area contributed by atoms with Crippen LogP contribution in [0.4, 0.5) is 14.5 Å². The van der Waals surface area contributed by atoms with Crippen LogP contribution < -0.4 is 18.8 Å². The van der Waals surface area contributed by atoms with Crippen molar-refractivity contribution in [2.24, 2.45) is 11.8 Å². The zero-order chi connectivity index (χ0) is 36.1. The molecule has 2 heterocycles. The Labute approximate surface area is 310 Å². The molecule has 1 aromatic heterocycles. The number of phenols is 1. The lowest BCUT2D eigenvalue weighted by Gasteiger charge is -2.31. The molecular formula is C35H41Cl2F2N3O9S. The smallest absolute Gasteiger partial charge is 0.387 e. The summed E-state index contributed by atoms with van der Waals surface area (Å²) in [7, 11) is -3.78. The first-order valence-corrected chi connectivity index (χ1v) is 19.2. The molecule has 2 aliphatic carbocycles. The number of nitrogens with one attached hydrogen (secondary N) is 1. The molecule has 0 amide bonds. The van der Waals surface area contributed by atoms with Gasteiger partial charge in [-0.05, 0) is 73.4 Å². The number of ether oxygens (including phenoxy) is 4. The summed E-state index contributed by atoms with van der Waals surface area (Å²) < 4.78 is 77.2. The number of pyridine rings is 1. The van der Waals surface area contributed by atoms with Gasteiger partial charge in [0, 0.05) is 38.2 Å². The van der Waals surface area contributed by atoms with Gasteiger partial charge in [0.25, 0.3) is 0 Å². The van der Waals surface area contributed by atoms with Gasteiger partial charge in [0.1, 0.15) is 27.5 Å². The second kappa shape index (κ2) is 17.6. The van der Waals surface area contributed by atoms with Crippen LogP contribution in [-0.2, 0) is 25.9 Å². The maximum atomic E-state index is 13.9. The number of phenolic OH excluding ortho intramolecular Hbond substituents is 1. The molecule has 17 heteroatoms. The molecule has 1 atom stereocenters. The molecular weight excluding hydrogens is 747 g/mol. The number of hydrogen-bond donors (Lipinski definition) is 1. The minimum Gasteiger partial charge on any atom is -0.870 e. The minimum atomic E-state index is -3.78. The van der Waals surface area contributed by atoms with Crippen LogP contribution in [0.1, 0.15) is 53.3 Å². The number of aromatic nitrogens is 1. The third-order valence-electron chi connectivity index (χ3n) is 9.05. The molecule has 2 aromatic carbocycles. The maximum Gasteiger partial charge on any atom is 0.387 e. The molecule has 3 aromatic rings. The van der Waals surface area contributed by atoms with Gasteiger partial charge < -0.3 is 29.5 Å². The van der Waals surface area contributed by atoms with E-state index < -0.39 is 34.5 Å². The zero-order valence-electron chi connectivity index (χ0n) is 28.2. The van der Waals surface area contributed by atoms with E-state index in [0.29, 0.717) is 56.5 Å². The monoisotopic (exact) mass is 787 g/mol. The Morgan fingerprint density at radius 2 is 1.71 bits per heavy atom. The van der Waals surface area contributed by atoms with Crippen molar-refractivity contribution in [1.82, 2.24) is 4.90 Å². The Kier molecular flexibility index (Phi) is 13.4. The van der Waals surface area contributed by atoms with Crippen LogP contribution in [0.25, 0.3) is 0 Å². The van der Waals surface area contributed by atoms with Gasteiger partial charge in [-0.1, -0.05) is 29.3 Å². The molecule has 0 spiro atoms. The highest BCUT2D eigenvalue weighted by atomic mass is 35.5. The Morgan fingerprint density at radius 1 is 1.02 bits per heavy atom. The molecule has 52 heavy (non-hydrogen) atoms. The number of morpholine rings is 1. The summed E-state index contributed by atoms with van der Waals surface area (Å²) in [4.78, 5) is 18.9. The zero-order valence-corrected chi connectivity index (χ0v) is 30.5. The van der Waals surface area contributed by atoms with Crippen molar-refractivity contribution in [2.75, 3.05) is 56.1 Å². The number of aromatic hydroxyl groups is 1. The quantitative estimate of drug-likeness (QED) is 0.167. The lowest BCUT2D eigenvalue weighted by Crippen LogP contribution is -2.44. The summed E-state index contributed by atoms with van der Waals surface area (Å²) in [6, 6.07) is 8.25. The number of H-pyrrole nitrogens is 1.